The smallest absolute Gasteiger partial charge is 0.345 e. The number of carbonyl (C=O) groups is 2. The molecule has 6 heteroatoms. The summed E-state index contributed by atoms with van der Waals surface area (Å²) in [6, 6.07) is 0. The molecule has 0 aromatic carbocycles. The summed E-state index contributed by atoms with van der Waals surface area (Å²) >= 11 is 0. The fourth-order valence-corrected chi connectivity index (χ4v) is 4.04. The Kier molecular flexibility index (Phi) is 2.55. The number of carbonyl (C=O) groups excluding carboxylic acids is 2. The number of methoxy groups -OCH3 is 2. The molecule has 5 rings (SSSR count). The number of esters is 2. The average Bonchev–Trinajstić information content (AvgIpc) is 3.34. The van der Waals surface area contributed by atoms with Gasteiger partial charge >= 0.3 is 11.9 Å². The predicted octanol–water partition coefficient (Wildman–Crippen LogP) is 1.23. The van der Waals surface area contributed by atoms with Crippen LogP contribution in [0.2, 0.25) is 0 Å². The van der Waals surface area contributed by atoms with Crippen LogP contribution in [0.5, 0.6) is 0 Å². The highest BCUT2D eigenvalue weighted by Gasteiger charge is 2.80. The summed E-state index contributed by atoms with van der Waals surface area (Å²) in [5.74, 6) is -0.865. The van der Waals surface area contributed by atoms with Gasteiger partial charge in [-0.25, -0.2) is 19.4 Å². The molecule has 116 valence electrons. The van der Waals surface area contributed by atoms with E-state index in [1.807, 2.05) is 18.2 Å². The minimum absolute atomic E-state index is 0.0240. The van der Waals surface area contributed by atoms with Crippen LogP contribution >= 0.6 is 0 Å². The molecule has 2 fully saturated rings. The zero-order valence-corrected chi connectivity index (χ0v) is 12.3. The van der Waals surface area contributed by atoms with E-state index in [1.54, 1.807) is 12.2 Å². The molecule has 2 bridgehead atoms. The van der Waals surface area contributed by atoms with Crippen molar-refractivity contribution in [3.8, 4) is 0 Å². The van der Waals surface area contributed by atoms with Gasteiger partial charge in [-0.15, -0.1) is 0 Å². The van der Waals surface area contributed by atoms with Crippen molar-refractivity contribution in [2.24, 2.45) is 11.3 Å². The van der Waals surface area contributed by atoms with Crippen LogP contribution in [0, 0.1) is 11.3 Å². The van der Waals surface area contributed by atoms with Gasteiger partial charge in [-0.2, -0.15) is 0 Å². The van der Waals surface area contributed by atoms with E-state index in [0.717, 1.165) is 6.42 Å². The quantitative estimate of drug-likeness (QED) is 0.434. The standard InChI is InChI=1S/C16H16O6/c1-19-12(17)10-3-5-14-9-11(14)16(13(18)20-2)8-7-15(14,6-4-10)21-22-16/h3-4,6-8,11H,5,9H2,1-2H3. The van der Waals surface area contributed by atoms with Crippen LogP contribution in [0.1, 0.15) is 12.8 Å². The molecule has 4 unspecified atom stereocenters. The van der Waals surface area contributed by atoms with Gasteiger partial charge in [0.1, 0.15) is 5.60 Å². The highest BCUT2D eigenvalue weighted by molar-refractivity contribution is 5.92. The maximum Gasteiger partial charge on any atom is 0.345 e. The van der Waals surface area contributed by atoms with E-state index in [9.17, 15) is 9.59 Å². The van der Waals surface area contributed by atoms with Gasteiger partial charge in [0, 0.05) is 11.3 Å². The average molecular weight is 304 g/mol. The van der Waals surface area contributed by atoms with Crippen molar-refractivity contribution in [1.29, 1.82) is 0 Å². The Morgan fingerprint density at radius 2 is 2.00 bits per heavy atom. The zero-order valence-electron chi connectivity index (χ0n) is 12.3. The summed E-state index contributed by atoms with van der Waals surface area (Å²) in [5, 5.41) is 0. The summed E-state index contributed by atoms with van der Waals surface area (Å²) in [5.41, 5.74) is -1.72. The highest BCUT2D eigenvalue weighted by Crippen LogP contribution is 2.74. The molecule has 5 aliphatic rings. The van der Waals surface area contributed by atoms with Gasteiger partial charge in [-0.3, -0.25) is 0 Å². The van der Waals surface area contributed by atoms with Gasteiger partial charge in [-0.1, -0.05) is 6.08 Å². The molecule has 2 spiro atoms. The predicted molar refractivity (Wildman–Crippen MR) is 73.2 cm³/mol. The van der Waals surface area contributed by atoms with Crippen molar-refractivity contribution in [1.82, 2.24) is 0 Å². The second-order valence-electron chi connectivity index (χ2n) is 6.18. The second-order valence-corrected chi connectivity index (χ2v) is 6.18. The van der Waals surface area contributed by atoms with E-state index in [-0.39, 0.29) is 17.3 Å². The molecule has 6 nitrogen and oxygen atoms in total. The first-order valence-corrected chi connectivity index (χ1v) is 7.17. The fourth-order valence-electron chi connectivity index (χ4n) is 4.04. The lowest BCUT2D eigenvalue weighted by Gasteiger charge is -2.48. The largest absolute Gasteiger partial charge is 0.467 e. The van der Waals surface area contributed by atoms with Crippen LogP contribution < -0.4 is 0 Å². The Balaban J connectivity index is 1.77. The molecule has 2 aliphatic heterocycles. The lowest BCUT2D eigenvalue weighted by molar-refractivity contribution is -0.423. The van der Waals surface area contributed by atoms with Crippen LogP contribution in [-0.2, 0) is 28.8 Å². The Bertz CT molecular complexity index is 662. The van der Waals surface area contributed by atoms with Gasteiger partial charge in [0.05, 0.1) is 19.8 Å². The molecule has 2 heterocycles. The topological polar surface area (TPSA) is 71.1 Å². The van der Waals surface area contributed by atoms with E-state index < -0.39 is 17.2 Å². The summed E-state index contributed by atoms with van der Waals surface area (Å²) in [6.07, 6.45) is 10.3. The van der Waals surface area contributed by atoms with Crippen molar-refractivity contribution in [2.75, 3.05) is 14.2 Å². The Labute approximate surface area is 127 Å². The van der Waals surface area contributed by atoms with Crippen LogP contribution in [-0.4, -0.2) is 37.4 Å². The van der Waals surface area contributed by atoms with E-state index in [0.29, 0.717) is 12.0 Å². The number of allylic oxidation sites excluding steroid dienone is 1. The lowest BCUT2D eigenvalue weighted by Crippen LogP contribution is -2.59. The molecule has 0 aromatic heterocycles. The van der Waals surface area contributed by atoms with Crippen molar-refractivity contribution in [3.63, 3.8) is 0 Å². The van der Waals surface area contributed by atoms with Crippen LogP contribution in [0.15, 0.2) is 36.0 Å². The Hall–Kier alpha value is -1.92. The van der Waals surface area contributed by atoms with Gasteiger partial charge in [0.2, 0.25) is 5.60 Å². The molecule has 4 atom stereocenters. The van der Waals surface area contributed by atoms with Gasteiger partial charge in [-0.05, 0) is 37.1 Å². The molecule has 1 saturated carbocycles. The van der Waals surface area contributed by atoms with Crippen molar-refractivity contribution in [3.05, 3.63) is 36.0 Å². The lowest BCUT2D eigenvalue weighted by atomic mass is 9.71. The molecular weight excluding hydrogens is 288 g/mol. The van der Waals surface area contributed by atoms with Gasteiger partial charge in [0.25, 0.3) is 0 Å². The Morgan fingerprint density at radius 1 is 1.18 bits per heavy atom. The van der Waals surface area contributed by atoms with E-state index in [2.05, 4.69) is 0 Å². The maximum absolute atomic E-state index is 12.2. The van der Waals surface area contributed by atoms with Crippen molar-refractivity contribution in [2.45, 2.75) is 24.0 Å². The highest BCUT2D eigenvalue weighted by atomic mass is 17.2. The van der Waals surface area contributed by atoms with Crippen molar-refractivity contribution >= 4 is 11.9 Å². The minimum atomic E-state index is -1.17. The summed E-state index contributed by atoms with van der Waals surface area (Å²) in [6.45, 7) is 0. The SMILES string of the molecule is COC(=O)C1=CCC23CC2C2(C(=O)OC)C=CC3(C=C1)OO2. The molecule has 22 heavy (non-hydrogen) atoms. The molecule has 0 aromatic rings. The third-order valence-electron chi connectivity index (χ3n) is 5.39. The van der Waals surface area contributed by atoms with E-state index in [1.165, 1.54) is 14.2 Å². The first kappa shape index (κ1) is 13.7. The van der Waals surface area contributed by atoms with Crippen LogP contribution in [0.4, 0.5) is 0 Å². The number of hydrogen-bond acceptors (Lipinski definition) is 6. The number of fused-ring (bicyclic) bond motifs is 1. The normalized spacial score (nSPS) is 43.5. The number of rotatable bonds is 2. The van der Waals surface area contributed by atoms with Crippen LogP contribution in [0.25, 0.3) is 0 Å². The first-order chi connectivity index (χ1) is 10.5. The maximum atomic E-state index is 12.2. The molecule has 0 N–H and O–H groups in total. The molecule has 1 saturated heterocycles. The van der Waals surface area contributed by atoms with E-state index in [4.69, 9.17) is 19.2 Å². The molecule has 3 aliphatic carbocycles. The third kappa shape index (κ3) is 1.37. The van der Waals surface area contributed by atoms with Crippen LogP contribution in [0.3, 0.4) is 0 Å². The molecule has 0 amide bonds. The minimum Gasteiger partial charge on any atom is -0.467 e. The second kappa shape index (κ2) is 4.08. The van der Waals surface area contributed by atoms with Crippen molar-refractivity contribution < 1.29 is 28.8 Å². The number of hydrogen-bond donors (Lipinski definition) is 0. The Morgan fingerprint density at radius 3 is 2.64 bits per heavy atom. The summed E-state index contributed by atoms with van der Waals surface area (Å²) in [7, 11) is 2.69. The molecular formula is C16H16O6. The van der Waals surface area contributed by atoms with E-state index >= 15 is 0 Å². The summed E-state index contributed by atoms with van der Waals surface area (Å²) in [4.78, 5) is 35.0. The monoisotopic (exact) mass is 304 g/mol. The first-order valence-electron chi connectivity index (χ1n) is 7.17. The summed E-state index contributed by atoms with van der Waals surface area (Å²) < 4.78 is 9.66. The molecule has 0 radical (unpaired) electrons. The number of ether oxygens (including phenoxy) is 2. The third-order valence-corrected chi connectivity index (χ3v) is 5.39. The zero-order chi connectivity index (χ0) is 15.6. The fraction of sp³-hybridized carbons (Fsp3) is 0.500. The van der Waals surface area contributed by atoms with Gasteiger partial charge in [0.15, 0.2) is 0 Å². The van der Waals surface area contributed by atoms with Gasteiger partial charge < -0.3 is 9.47 Å².